The molecule has 1 atom stereocenters. The summed E-state index contributed by atoms with van der Waals surface area (Å²) in [5.41, 5.74) is 5.83. The molecule has 0 amide bonds. The second-order valence-electron chi connectivity index (χ2n) is 5.57. The molecule has 19 heavy (non-hydrogen) atoms. The summed E-state index contributed by atoms with van der Waals surface area (Å²) in [7, 11) is 2.20. The highest BCUT2D eigenvalue weighted by Crippen LogP contribution is 2.01. The van der Waals surface area contributed by atoms with Crippen LogP contribution in [0.25, 0.3) is 0 Å². The largest absolute Gasteiger partial charge is 0.370 e. The first-order valence-electron chi connectivity index (χ1n) is 7.59. The lowest BCUT2D eigenvalue weighted by Gasteiger charge is -2.19. The third-order valence-corrected chi connectivity index (χ3v) is 3.73. The fourth-order valence-corrected chi connectivity index (χ4v) is 2.22. The molecule has 0 aromatic rings. The Morgan fingerprint density at radius 2 is 2.11 bits per heavy atom. The molecule has 5 nitrogen and oxygen atoms in total. The van der Waals surface area contributed by atoms with Crippen molar-refractivity contribution in [2.45, 2.75) is 39.2 Å². The van der Waals surface area contributed by atoms with Crippen LogP contribution < -0.4 is 11.1 Å². The Kier molecular flexibility index (Phi) is 7.82. The van der Waals surface area contributed by atoms with E-state index in [0.29, 0.717) is 12.0 Å². The van der Waals surface area contributed by atoms with E-state index in [4.69, 9.17) is 5.73 Å². The van der Waals surface area contributed by atoms with E-state index in [2.05, 4.69) is 41.0 Å². The van der Waals surface area contributed by atoms with E-state index >= 15 is 0 Å². The van der Waals surface area contributed by atoms with Crippen molar-refractivity contribution < 1.29 is 0 Å². The van der Waals surface area contributed by atoms with Gasteiger partial charge < -0.3 is 20.9 Å². The van der Waals surface area contributed by atoms with Gasteiger partial charge in [-0.25, -0.2) is 0 Å². The molecule has 5 heteroatoms. The first kappa shape index (κ1) is 16.2. The van der Waals surface area contributed by atoms with E-state index in [0.717, 1.165) is 25.9 Å². The van der Waals surface area contributed by atoms with Crippen molar-refractivity contribution in [3.05, 3.63) is 0 Å². The van der Waals surface area contributed by atoms with Crippen molar-refractivity contribution in [2.75, 3.05) is 46.3 Å². The van der Waals surface area contributed by atoms with E-state index in [1.54, 1.807) is 0 Å². The molecule has 1 aliphatic rings. The molecule has 1 unspecified atom stereocenters. The summed E-state index contributed by atoms with van der Waals surface area (Å²) >= 11 is 0. The summed E-state index contributed by atoms with van der Waals surface area (Å²) in [6.45, 7) is 11.0. The Morgan fingerprint density at radius 1 is 1.32 bits per heavy atom. The topological polar surface area (TPSA) is 56.9 Å². The van der Waals surface area contributed by atoms with Crippen LogP contribution in [0.15, 0.2) is 4.99 Å². The van der Waals surface area contributed by atoms with E-state index in [1.807, 2.05) is 0 Å². The molecule has 1 fully saturated rings. The van der Waals surface area contributed by atoms with Gasteiger partial charge in [0.15, 0.2) is 5.96 Å². The number of rotatable bonds is 6. The number of hydrogen-bond donors (Lipinski definition) is 2. The van der Waals surface area contributed by atoms with Crippen LogP contribution in [0.1, 0.15) is 33.1 Å². The van der Waals surface area contributed by atoms with Crippen molar-refractivity contribution in [3.8, 4) is 0 Å². The zero-order valence-corrected chi connectivity index (χ0v) is 12.9. The predicted molar refractivity (Wildman–Crippen MR) is 82.5 cm³/mol. The van der Waals surface area contributed by atoms with Gasteiger partial charge in [-0.2, -0.15) is 0 Å². The summed E-state index contributed by atoms with van der Waals surface area (Å²) in [4.78, 5) is 9.33. The van der Waals surface area contributed by atoms with Crippen LogP contribution in [-0.4, -0.2) is 68.1 Å². The van der Waals surface area contributed by atoms with Crippen LogP contribution in [0.5, 0.6) is 0 Å². The van der Waals surface area contributed by atoms with Crippen LogP contribution in [0, 0.1) is 0 Å². The van der Waals surface area contributed by atoms with Crippen LogP contribution in [0.4, 0.5) is 0 Å². The van der Waals surface area contributed by atoms with E-state index in [1.165, 1.54) is 32.6 Å². The highest BCUT2D eigenvalue weighted by molar-refractivity contribution is 5.78. The molecule has 0 radical (unpaired) electrons. The standard InChI is InChI=1S/C14H31N5/c1-4-13(2)17-14(15)16-7-5-9-19-10-6-8-18(3)11-12-19/h13H,4-12H2,1-3H3,(H3,15,16,17). The van der Waals surface area contributed by atoms with Crippen molar-refractivity contribution in [1.82, 2.24) is 15.1 Å². The summed E-state index contributed by atoms with van der Waals surface area (Å²) in [5, 5.41) is 3.19. The predicted octanol–water partition coefficient (Wildman–Crippen LogP) is 0.717. The Morgan fingerprint density at radius 3 is 2.84 bits per heavy atom. The number of nitrogens with two attached hydrogens (primary N) is 1. The number of likely N-dealkylation sites (N-methyl/N-ethyl adjacent to an activating group) is 1. The highest BCUT2D eigenvalue weighted by Gasteiger charge is 2.10. The minimum Gasteiger partial charge on any atom is -0.370 e. The fourth-order valence-electron chi connectivity index (χ4n) is 2.22. The highest BCUT2D eigenvalue weighted by atomic mass is 15.2. The number of nitrogens with zero attached hydrogens (tertiary/aromatic N) is 3. The van der Waals surface area contributed by atoms with Gasteiger partial charge in [0.05, 0.1) is 0 Å². The Labute approximate surface area is 118 Å². The van der Waals surface area contributed by atoms with Crippen molar-refractivity contribution in [3.63, 3.8) is 0 Å². The fraction of sp³-hybridized carbons (Fsp3) is 0.929. The van der Waals surface area contributed by atoms with Gasteiger partial charge in [0.25, 0.3) is 0 Å². The molecule has 1 rings (SSSR count). The molecule has 0 aliphatic carbocycles. The van der Waals surface area contributed by atoms with Crippen molar-refractivity contribution in [1.29, 1.82) is 0 Å². The Bertz CT molecular complexity index is 267. The first-order chi connectivity index (χ1) is 9.11. The normalized spacial score (nSPS) is 21.1. The van der Waals surface area contributed by atoms with Gasteiger partial charge in [0.2, 0.25) is 0 Å². The Hall–Kier alpha value is -0.810. The van der Waals surface area contributed by atoms with Crippen molar-refractivity contribution >= 4 is 5.96 Å². The van der Waals surface area contributed by atoms with E-state index in [9.17, 15) is 0 Å². The lowest BCUT2D eigenvalue weighted by Crippen LogP contribution is -2.38. The lowest BCUT2D eigenvalue weighted by molar-refractivity contribution is 0.275. The second kappa shape index (κ2) is 9.15. The molecule has 0 bridgehead atoms. The minimum absolute atomic E-state index is 0.407. The molecule has 1 saturated heterocycles. The van der Waals surface area contributed by atoms with Gasteiger partial charge in [-0.05, 0) is 52.9 Å². The molecular formula is C14H31N5. The average Bonchev–Trinajstić information content (AvgIpc) is 2.59. The van der Waals surface area contributed by atoms with Gasteiger partial charge in [-0.15, -0.1) is 0 Å². The van der Waals surface area contributed by atoms with Crippen LogP contribution in [-0.2, 0) is 0 Å². The summed E-state index contributed by atoms with van der Waals surface area (Å²) < 4.78 is 0. The molecule has 1 heterocycles. The van der Waals surface area contributed by atoms with Gasteiger partial charge in [0, 0.05) is 25.7 Å². The van der Waals surface area contributed by atoms with Gasteiger partial charge in [0.1, 0.15) is 0 Å². The van der Waals surface area contributed by atoms with Crippen LogP contribution in [0.2, 0.25) is 0 Å². The number of aliphatic imine (C=N–C) groups is 1. The Balaban J connectivity index is 2.14. The van der Waals surface area contributed by atoms with E-state index < -0.39 is 0 Å². The van der Waals surface area contributed by atoms with E-state index in [-0.39, 0.29) is 0 Å². The molecule has 1 aliphatic heterocycles. The monoisotopic (exact) mass is 269 g/mol. The summed E-state index contributed by atoms with van der Waals surface area (Å²) in [6.07, 6.45) is 3.43. The van der Waals surface area contributed by atoms with Gasteiger partial charge in [-0.3, -0.25) is 4.99 Å². The molecule has 0 aromatic carbocycles. The minimum atomic E-state index is 0.407. The molecule has 0 saturated carbocycles. The smallest absolute Gasteiger partial charge is 0.188 e. The molecule has 3 N–H and O–H groups in total. The van der Waals surface area contributed by atoms with Gasteiger partial charge >= 0.3 is 0 Å². The third kappa shape index (κ3) is 7.38. The maximum Gasteiger partial charge on any atom is 0.188 e. The van der Waals surface area contributed by atoms with Crippen LogP contribution in [0.3, 0.4) is 0 Å². The maximum atomic E-state index is 5.83. The third-order valence-electron chi connectivity index (χ3n) is 3.73. The van der Waals surface area contributed by atoms with Gasteiger partial charge in [-0.1, -0.05) is 6.92 Å². The summed E-state index contributed by atoms with van der Waals surface area (Å²) in [5.74, 6) is 0.588. The summed E-state index contributed by atoms with van der Waals surface area (Å²) in [6, 6.07) is 0.407. The zero-order valence-electron chi connectivity index (χ0n) is 12.9. The second-order valence-corrected chi connectivity index (χ2v) is 5.57. The SMILES string of the molecule is CCC(C)NC(N)=NCCCN1CCCN(C)CC1. The zero-order chi connectivity index (χ0) is 14.1. The lowest BCUT2D eigenvalue weighted by atomic mass is 10.3. The molecular weight excluding hydrogens is 238 g/mol. The first-order valence-corrected chi connectivity index (χ1v) is 7.59. The number of nitrogens with one attached hydrogen (secondary N) is 1. The molecule has 0 spiro atoms. The number of hydrogen-bond acceptors (Lipinski definition) is 3. The van der Waals surface area contributed by atoms with Crippen LogP contribution >= 0.6 is 0 Å². The quantitative estimate of drug-likeness (QED) is 0.424. The number of guanidine groups is 1. The molecule has 0 aromatic heterocycles. The molecule has 112 valence electrons. The van der Waals surface area contributed by atoms with Crippen molar-refractivity contribution in [2.24, 2.45) is 10.7 Å². The maximum absolute atomic E-state index is 5.83. The average molecular weight is 269 g/mol.